The molecule has 0 fully saturated rings. The van der Waals surface area contributed by atoms with Gasteiger partial charge in [-0.1, -0.05) is 0 Å². The van der Waals surface area contributed by atoms with E-state index in [0.717, 1.165) is 6.08 Å². The van der Waals surface area contributed by atoms with Crippen molar-refractivity contribution in [3.63, 3.8) is 0 Å². The zero-order valence-corrected chi connectivity index (χ0v) is 8.32. The summed E-state index contributed by atoms with van der Waals surface area (Å²) >= 11 is 0. The highest BCUT2D eigenvalue weighted by molar-refractivity contribution is 5.62. The summed E-state index contributed by atoms with van der Waals surface area (Å²) < 4.78 is 42.0. The molecule has 1 heterocycles. The Bertz CT molecular complexity index is 530. The highest BCUT2D eigenvalue weighted by Crippen LogP contribution is 2.39. The number of fused-ring (bicyclic) bond motifs is 1. The summed E-state index contributed by atoms with van der Waals surface area (Å²) in [7, 11) is 0. The van der Waals surface area contributed by atoms with Crippen molar-refractivity contribution in [2.75, 3.05) is 0 Å². The lowest BCUT2D eigenvalue weighted by molar-refractivity contribution is -0.311. The van der Waals surface area contributed by atoms with E-state index >= 15 is 0 Å². The lowest BCUT2D eigenvalue weighted by Gasteiger charge is -2.31. The summed E-state index contributed by atoms with van der Waals surface area (Å²) in [6.45, 7) is 0. The Labute approximate surface area is 94.4 Å². The number of halogens is 3. The van der Waals surface area contributed by atoms with E-state index in [1.807, 2.05) is 6.07 Å². The van der Waals surface area contributed by atoms with Crippen LogP contribution in [0.15, 0.2) is 24.3 Å². The second-order valence-corrected chi connectivity index (χ2v) is 3.49. The molecule has 1 atom stereocenters. The van der Waals surface area contributed by atoms with Crippen molar-refractivity contribution in [3.8, 4) is 11.8 Å². The van der Waals surface area contributed by atoms with Crippen molar-refractivity contribution in [1.29, 1.82) is 5.26 Å². The van der Waals surface area contributed by atoms with E-state index in [2.05, 4.69) is 4.74 Å². The smallest absolute Gasteiger partial charge is 0.450 e. The zero-order valence-electron chi connectivity index (χ0n) is 8.32. The van der Waals surface area contributed by atoms with Crippen LogP contribution in [0.1, 0.15) is 11.1 Å². The second-order valence-electron chi connectivity index (χ2n) is 3.49. The molecule has 1 unspecified atom stereocenters. The van der Waals surface area contributed by atoms with Crippen molar-refractivity contribution >= 4 is 6.08 Å². The Kier molecular flexibility index (Phi) is 2.36. The number of benzene rings is 1. The molecule has 1 aromatic rings. The molecule has 1 N–H and O–H groups in total. The van der Waals surface area contributed by atoms with Crippen LogP contribution in [-0.2, 0) is 0 Å². The molecule has 17 heavy (non-hydrogen) atoms. The van der Waals surface area contributed by atoms with Gasteiger partial charge in [-0.3, -0.25) is 0 Å². The molecule has 1 aromatic carbocycles. The first-order valence-electron chi connectivity index (χ1n) is 4.57. The third kappa shape index (κ3) is 1.85. The molecule has 0 saturated carbocycles. The monoisotopic (exact) mass is 241 g/mol. The lowest BCUT2D eigenvalue weighted by atomic mass is 10.1. The Morgan fingerprint density at radius 2 is 2.06 bits per heavy atom. The number of aliphatic hydroxyl groups is 1. The second kappa shape index (κ2) is 3.50. The number of ether oxygens (including phenoxy) is 1. The van der Waals surface area contributed by atoms with Gasteiger partial charge in [-0.2, -0.15) is 18.4 Å². The highest BCUT2D eigenvalue weighted by atomic mass is 19.4. The molecular formula is C11H6F3NO2. The first kappa shape index (κ1) is 11.5. The third-order valence-corrected chi connectivity index (χ3v) is 2.30. The molecular weight excluding hydrogens is 235 g/mol. The summed E-state index contributed by atoms with van der Waals surface area (Å²) in [5.74, 6) is -3.43. The summed E-state index contributed by atoms with van der Waals surface area (Å²) in [4.78, 5) is 0. The van der Waals surface area contributed by atoms with Crippen molar-refractivity contribution in [2.45, 2.75) is 12.0 Å². The number of hydrogen-bond acceptors (Lipinski definition) is 3. The van der Waals surface area contributed by atoms with Gasteiger partial charge < -0.3 is 9.84 Å². The van der Waals surface area contributed by atoms with Gasteiger partial charge in [0.2, 0.25) is 0 Å². The minimum Gasteiger partial charge on any atom is -0.450 e. The van der Waals surface area contributed by atoms with Gasteiger partial charge >= 0.3 is 12.0 Å². The number of nitrogens with zero attached hydrogens (tertiary/aromatic N) is 1. The maximum absolute atomic E-state index is 12.5. The van der Waals surface area contributed by atoms with Gasteiger partial charge in [0.05, 0.1) is 11.6 Å². The van der Waals surface area contributed by atoms with Crippen LogP contribution in [-0.4, -0.2) is 17.1 Å². The van der Waals surface area contributed by atoms with Crippen molar-refractivity contribution < 1.29 is 23.0 Å². The quantitative estimate of drug-likeness (QED) is 0.757. The van der Waals surface area contributed by atoms with E-state index in [1.54, 1.807) is 0 Å². The van der Waals surface area contributed by atoms with Crippen LogP contribution in [0, 0.1) is 11.3 Å². The molecule has 1 aliphatic rings. The summed E-state index contributed by atoms with van der Waals surface area (Å²) in [6, 6.07) is 5.76. The highest BCUT2D eigenvalue weighted by Gasteiger charge is 2.56. The Balaban J connectivity index is 2.43. The fraction of sp³-hybridized carbons (Fsp3) is 0.182. The molecule has 1 aliphatic heterocycles. The Hall–Kier alpha value is -2.00. The summed E-state index contributed by atoms with van der Waals surface area (Å²) in [5.41, 5.74) is 0.618. The molecule has 88 valence electrons. The fourth-order valence-corrected chi connectivity index (χ4v) is 1.40. The van der Waals surface area contributed by atoms with E-state index in [4.69, 9.17) is 5.26 Å². The van der Waals surface area contributed by atoms with Gasteiger partial charge in [-0.25, -0.2) is 0 Å². The van der Waals surface area contributed by atoms with Crippen LogP contribution >= 0.6 is 0 Å². The SMILES string of the molecule is N#Cc1ccc2c(c1)C=CC(O)(C(F)(F)F)O2. The Morgan fingerprint density at radius 3 is 2.65 bits per heavy atom. The van der Waals surface area contributed by atoms with Gasteiger partial charge in [0.1, 0.15) is 5.75 Å². The summed E-state index contributed by atoms with van der Waals surface area (Å²) in [5, 5.41) is 17.9. The largest absolute Gasteiger partial charge is 0.459 e. The lowest BCUT2D eigenvalue weighted by Crippen LogP contribution is -2.49. The van der Waals surface area contributed by atoms with Crippen molar-refractivity contribution in [1.82, 2.24) is 0 Å². The van der Waals surface area contributed by atoms with Crippen molar-refractivity contribution in [2.24, 2.45) is 0 Å². The van der Waals surface area contributed by atoms with Crippen LogP contribution in [0.3, 0.4) is 0 Å². The molecule has 0 radical (unpaired) electrons. The van der Waals surface area contributed by atoms with Crippen molar-refractivity contribution in [3.05, 3.63) is 35.4 Å². The standard InChI is InChI=1S/C11H6F3NO2/c12-11(13,14)10(16)4-3-8-5-7(6-15)1-2-9(8)17-10/h1-5,16H. The maximum Gasteiger partial charge on any atom is 0.459 e. The molecule has 0 amide bonds. The molecule has 0 aliphatic carbocycles. The van der Waals surface area contributed by atoms with Gasteiger partial charge in [-0.15, -0.1) is 0 Å². The zero-order chi connectivity index (χ0) is 12.7. The van der Waals surface area contributed by atoms with E-state index in [1.165, 1.54) is 18.2 Å². The van der Waals surface area contributed by atoms with Gasteiger partial charge in [0.15, 0.2) is 0 Å². The van der Waals surface area contributed by atoms with E-state index in [-0.39, 0.29) is 5.75 Å². The first-order chi connectivity index (χ1) is 7.86. The van der Waals surface area contributed by atoms with Crippen LogP contribution in [0.25, 0.3) is 6.08 Å². The van der Waals surface area contributed by atoms with E-state index in [9.17, 15) is 18.3 Å². The summed E-state index contributed by atoms with van der Waals surface area (Å²) in [6.07, 6.45) is -3.33. The van der Waals surface area contributed by atoms with E-state index < -0.39 is 12.0 Å². The minimum atomic E-state index is -4.92. The third-order valence-electron chi connectivity index (χ3n) is 2.30. The van der Waals surface area contributed by atoms with Crippen LogP contribution < -0.4 is 4.74 Å². The predicted octanol–water partition coefficient (Wildman–Crippen LogP) is 2.21. The molecule has 2 rings (SSSR count). The molecule has 0 saturated heterocycles. The molecule has 0 bridgehead atoms. The molecule has 6 heteroatoms. The van der Waals surface area contributed by atoms with Gasteiger partial charge in [0.25, 0.3) is 0 Å². The van der Waals surface area contributed by atoms with E-state index in [0.29, 0.717) is 17.2 Å². The molecule has 0 aromatic heterocycles. The first-order valence-corrected chi connectivity index (χ1v) is 4.57. The topological polar surface area (TPSA) is 53.2 Å². The average molecular weight is 241 g/mol. The van der Waals surface area contributed by atoms with Gasteiger partial charge in [-0.05, 0) is 30.4 Å². The predicted molar refractivity (Wildman–Crippen MR) is 51.8 cm³/mol. The normalized spacial score (nSPS) is 22.5. The molecule has 3 nitrogen and oxygen atoms in total. The minimum absolute atomic E-state index is 0.119. The number of nitriles is 1. The molecule has 0 spiro atoms. The fourth-order valence-electron chi connectivity index (χ4n) is 1.40. The number of alkyl halides is 3. The van der Waals surface area contributed by atoms with Gasteiger partial charge in [0, 0.05) is 5.56 Å². The van der Waals surface area contributed by atoms with Crippen LogP contribution in [0.4, 0.5) is 13.2 Å². The maximum atomic E-state index is 12.5. The average Bonchev–Trinajstić information content (AvgIpc) is 2.27. The Morgan fingerprint density at radius 1 is 1.35 bits per heavy atom. The number of rotatable bonds is 0. The van der Waals surface area contributed by atoms with Crippen LogP contribution in [0.2, 0.25) is 0 Å². The van der Waals surface area contributed by atoms with Crippen LogP contribution in [0.5, 0.6) is 5.75 Å². The number of hydrogen-bond donors (Lipinski definition) is 1.